The summed E-state index contributed by atoms with van der Waals surface area (Å²) in [7, 11) is 0. The van der Waals surface area contributed by atoms with Gasteiger partial charge < -0.3 is 4.98 Å². The Hall–Kier alpha value is -1.76. The number of benzene rings is 1. The minimum Gasteiger partial charge on any atom is -0.361 e. The maximum Gasteiger partial charge on any atom is 0.0504 e. The van der Waals surface area contributed by atoms with Crippen LogP contribution < -0.4 is 0 Å². The first-order valence-corrected chi connectivity index (χ1v) is 8.59. The third-order valence-electron chi connectivity index (χ3n) is 5.94. The van der Waals surface area contributed by atoms with Crippen LogP contribution in [0.2, 0.25) is 0 Å². The molecule has 1 heterocycles. The summed E-state index contributed by atoms with van der Waals surface area (Å²) in [5, 5.41) is 2.89. The molecule has 0 unspecified atom stereocenters. The second-order valence-electron chi connectivity index (χ2n) is 7.53. The Labute approximate surface area is 133 Å². The van der Waals surface area contributed by atoms with Crippen LogP contribution in [0.15, 0.2) is 36.5 Å². The van der Waals surface area contributed by atoms with E-state index in [0.29, 0.717) is 0 Å². The highest BCUT2D eigenvalue weighted by atomic mass is 14.7. The molecule has 2 aliphatic carbocycles. The Bertz CT molecular complexity index is 787. The fourth-order valence-electron chi connectivity index (χ4n) is 4.74. The monoisotopic (exact) mass is 291 g/mol. The van der Waals surface area contributed by atoms with Gasteiger partial charge in [0.1, 0.15) is 0 Å². The van der Waals surface area contributed by atoms with Crippen LogP contribution in [0.25, 0.3) is 22.0 Å². The van der Waals surface area contributed by atoms with Gasteiger partial charge in [0.2, 0.25) is 0 Å². The molecule has 1 aromatic carbocycles. The van der Waals surface area contributed by atoms with E-state index in [2.05, 4.69) is 62.3 Å². The molecule has 114 valence electrons. The van der Waals surface area contributed by atoms with Gasteiger partial charge in [-0.05, 0) is 59.1 Å². The van der Waals surface area contributed by atoms with Crippen molar-refractivity contribution in [3.63, 3.8) is 0 Å². The van der Waals surface area contributed by atoms with Crippen molar-refractivity contribution in [1.82, 2.24) is 4.98 Å². The van der Waals surface area contributed by atoms with Gasteiger partial charge in [0.25, 0.3) is 0 Å². The maximum atomic E-state index is 3.57. The van der Waals surface area contributed by atoms with Gasteiger partial charge in [0.15, 0.2) is 0 Å². The van der Waals surface area contributed by atoms with E-state index in [1.165, 1.54) is 58.8 Å². The van der Waals surface area contributed by atoms with Gasteiger partial charge in [0, 0.05) is 11.8 Å². The molecule has 1 nitrogen and oxygen atoms in total. The molecule has 1 fully saturated rings. The van der Waals surface area contributed by atoms with Crippen LogP contribution >= 0.6 is 0 Å². The predicted molar refractivity (Wildman–Crippen MR) is 94.6 cm³/mol. The largest absolute Gasteiger partial charge is 0.361 e. The van der Waals surface area contributed by atoms with E-state index >= 15 is 0 Å². The van der Waals surface area contributed by atoms with Crippen molar-refractivity contribution in [2.45, 2.75) is 51.9 Å². The van der Waals surface area contributed by atoms with Crippen molar-refractivity contribution >= 4 is 10.8 Å². The lowest BCUT2D eigenvalue weighted by atomic mass is 9.71. The number of nitrogens with one attached hydrogen (secondary N) is 1. The first-order chi connectivity index (χ1) is 10.6. The number of fused-ring (bicyclic) bond motifs is 3. The normalized spacial score (nSPS) is 16.9. The Kier molecular flexibility index (Phi) is 3.07. The second-order valence-corrected chi connectivity index (χ2v) is 7.53. The van der Waals surface area contributed by atoms with Gasteiger partial charge in [-0.2, -0.15) is 0 Å². The third kappa shape index (κ3) is 1.84. The van der Waals surface area contributed by atoms with Gasteiger partial charge in [-0.15, -0.1) is 0 Å². The zero-order valence-electron chi connectivity index (χ0n) is 13.9. The minimum atomic E-state index is 0.224. The Morgan fingerprint density at radius 1 is 1.05 bits per heavy atom. The summed E-state index contributed by atoms with van der Waals surface area (Å²) in [5.74, 6) is 0.801. The van der Waals surface area contributed by atoms with E-state index < -0.39 is 0 Å². The molecular weight excluding hydrogens is 266 g/mol. The topological polar surface area (TPSA) is 15.8 Å². The fourth-order valence-corrected chi connectivity index (χ4v) is 4.74. The number of aryl methyl sites for hydroxylation is 1. The molecule has 0 bridgehead atoms. The molecule has 0 spiro atoms. The lowest BCUT2D eigenvalue weighted by Gasteiger charge is -2.33. The van der Waals surface area contributed by atoms with Crippen molar-refractivity contribution in [1.29, 1.82) is 0 Å². The van der Waals surface area contributed by atoms with Gasteiger partial charge in [-0.25, -0.2) is 0 Å². The summed E-state index contributed by atoms with van der Waals surface area (Å²) >= 11 is 0. The average molecular weight is 291 g/mol. The SMILES string of the molecule is Cc1cccc2c(C(C)(C)C3CCCC3)c3[nH]cccc-3c12. The van der Waals surface area contributed by atoms with Crippen LogP contribution in [-0.2, 0) is 5.41 Å². The molecule has 0 saturated heterocycles. The summed E-state index contributed by atoms with van der Waals surface area (Å²) in [6.45, 7) is 7.15. The number of hydrogen-bond acceptors (Lipinski definition) is 0. The quantitative estimate of drug-likeness (QED) is 0.591. The summed E-state index contributed by atoms with van der Waals surface area (Å²) in [6.07, 6.45) is 7.62. The average Bonchev–Trinajstić information content (AvgIpc) is 3.14. The first kappa shape index (κ1) is 13.9. The van der Waals surface area contributed by atoms with Crippen LogP contribution in [0.1, 0.15) is 50.7 Å². The molecule has 3 aliphatic rings. The molecule has 0 aromatic heterocycles. The Morgan fingerprint density at radius 2 is 1.82 bits per heavy atom. The number of aromatic amines is 1. The highest BCUT2D eigenvalue weighted by Gasteiger charge is 2.38. The fraction of sp³-hybridized carbons (Fsp3) is 0.429. The third-order valence-corrected chi connectivity index (χ3v) is 5.94. The van der Waals surface area contributed by atoms with Gasteiger partial charge in [0.05, 0.1) is 5.69 Å². The van der Waals surface area contributed by atoms with Crippen molar-refractivity contribution in [2.24, 2.45) is 5.92 Å². The molecule has 1 aromatic rings. The van der Waals surface area contributed by atoms with Crippen molar-refractivity contribution < 1.29 is 0 Å². The zero-order valence-corrected chi connectivity index (χ0v) is 13.9. The molecule has 1 aliphatic heterocycles. The molecule has 0 atom stereocenters. The van der Waals surface area contributed by atoms with Crippen molar-refractivity contribution in [3.05, 3.63) is 47.7 Å². The minimum absolute atomic E-state index is 0.224. The Balaban J connectivity index is 2.05. The summed E-state index contributed by atoms with van der Waals surface area (Å²) < 4.78 is 0. The molecule has 1 saturated carbocycles. The van der Waals surface area contributed by atoms with Crippen LogP contribution in [0.4, 0.5) is 0 Å². The van der Waals surface area contributed by atoms with Crippen LogP contribution in [0.3, 0.4) is 0 Å². The number of rotatable bonds is 2. The maximum absolute atomic E-state index is 3.57. The molecule has 0 radical (unpaired) electrons. The number of pyridine rings is 1. The van der Waals surface area contributed by atoms with Crippen LogP contribution in [0.5, 0.6) is 0 Å². The van der Waals surface area contributed by atoms with E-state index in [1.54, 1.807) is 0 Å². The van der Waals surface area contributed by atoms with E-state index in [1.807, 2.05) is 0 Å². The number of aromatic nitrogens is 1. The highest BCUT2D eigenvalue weighted by molar-refractivity contribution is 6.07. The lowest BCUT2D eigenvalue weighted by Crippen LogP contribution is -2.27. The number of hydrogen-bond donors (Lipinski definition) is 1. The standard InChI is InChI=1S/C21H25N/c1-14-8-6-11-16-18(14)17-12-7-13-22-20(17)19(16)21(2,3)15-9-4-5-10-15/h6-8,11-13,15,22H,4-5,9-10H2,1-3H3. The number of H-pyrrole nitrogens is 1. The van der Waals surface area contributed by atoms with Gasteiger partial charge in [-0.1, -0.05) is 51.0 Å². The van der Waals surface area contributed by atoms with Crippen molar-refractivity contribution in [3.8, 4) is 11.3 Å². The van der Waals surface area contributed by atoms with Crippen molar-refractivity contribution in [2.75, 3.05) is 0 Å². The summed E-state index contributed by atoms with van der Waals surface area (Å²) in [6, 6.07) is 11.2. The Morgan fingerprint density at radius 3 is 2.59 bits per heavy atom. The zero-order chi connectivity index (χ0) is 15.3. The van der Waals surface area contributed by atoms with E-state index in [-0.39, 0.29) is 5.41 Å². The van der Waals surface area contributed by atoms with Crippen LogP contribution in [-0.4, -0.2) is 4.98 Å². The molecular formula is C21H25N. The summed E-state index contributed by atoms with van der Waals surface area (Å²) in [4.78, 5) is 3.57. The van der Waals surface area contributed by atoms with E-state index in [4.69, 9.17) is 0 Å². The molecule has 0 amide bonds. The molecule has 4 rings (SSSR count). The predicted octanol–water partition coefficient (Wildman–Crippen LogP) is 6.05. The molecule has 1 heteroatoms. The van der Waals surface area contributed by atoms with E-state index in [0.717, 1.165) is 5.92 Å². The van der Waals surface area contributed by atoms with E-state index in [9.17, 15) is 0 Å². The molecule has 22 heavy (non-hydrogen) atoms. The molecule has 1 N–H and O–H groups in total. The first-order valence-electron chi connectivity index (χ1n) is 8.59. The second kappa shape index (κ2) is 4.87. The highest BCUT2D eigenvalue weighted by Crippen LogP contribution is 2.50. The lowest BCUT2D eigenvalue weighted by molar-refractivity contribution is 0.328. The van der Waals surface area contributed by atoms with Gasteiger partial charge >= 0.3 is 0 Å². The van der Waals surface area contributed by atoms with Crippen LogP contribution in [0, 0.1) is 12.8 Å². The van der Waals surface area contributed by atoms with Gasteiger partial charge in [-0.3, -0.25) is 0 Å². The smallest absolute Gasteiger partial charge is 0.0504 e. The summed E-state index contributed by atoms with van der Waals surface area (Å²) in [5.41, 5.74) is 5.88.